The molecule has 4 aromatic rings. The number of likely N-dealkylation sites (tertiary alicyclic amines) is 1. The molecule has 2 saturated heterocycles. The zero-order valence-electron chi connectivity index (χ0n) is 25.5. The number of hydrazine groups is 2. The van der Waals surface area contributed by atoms with Crippen LogP contribution in [0.3, 0.4) is 0 Å². The highest BCUT2D eigenvalue weighted by atomic mass is 35.5. The number of anilines is 2. The fourth-order valence-corrected chi connectivity index (χ4v) is 7.51. The van der Waals surface area contributed by atoms with Crippen LogP contribution in [0.4, 0.5) is 11.4 Å². The van der Waals surface area contributed by atoms with Gasteiger partial charge in [0.2, 0.25) is 0 Å². The largest absolute Gasteiger partial charge is 0.378 e. The van der Waals surface area contributed by atoms with E-state index in [2.05, 4.69) is 78.9 Å². The van der Waals surface area contributed by atoms with E-state index in [0.717, 1.165) is 66.3 Å². The number of nitrogens with one attached hydrogen (secondary N) is 4. The molecule has 8 rings (SSSR count). The minimum absolute atomic E-state index is 0.0124. The van der Waals surface area contributed by atoms with Gasteiger partial charge in [0, 0.05) is 49.0 Å². The van der Waals surface area contributed by atoms with E-state index in [9.17, 15) is 5.26 Å². The summed E-state index contributed by atoms with van der Waals surface area (Å²) in [5.74, 6) is 1.32. The maximum Gasteiger partial charge on any atom is 0.103 e. The summed E-state index contributed by atoms with van der Waals surface area (Å²) >= 11 is 6.89. The minimum Gasteiger partial charge on any atom is -0.378 e. The van der Waals surface area contributed by atoms with Crippen LogP contribution >= 0.6 is 11.6 Å². The molecule has 10 nitrogen and oxygen atoms in total. The molecule has 4 aliphatic rings. The van der Waals surface area contributed by atoms with Gasteiger partial charge >= 0.3 is 0 Å². The molecule has 2 aromatic carbocycles. The van der Waals surface area contributed by atoms with Crippen molar-refractivity contribution in [3.8, 4) is 6.07 Å². The number of hydrogen-bond donors (Lipinski definition) is 4. The van der Waals surface area contributed by atoms with Gasteiger partial charge in [-0.15, -0.1) is 5.53 Å². The van der Waals surface area contributed by atoms with Crippen molar-refractivity contribution in [3.05, 3.63) is 107 Å². The van der Waals surface area contributed by atoms with Crippen LogP contribution in [0.2, 0.25) is 5.02 Å². The molecular weight excluding hydrogens is 598 g/mol. The van der Waals surface area contributed by atoms with Crippen molar-refractivity contribution in [1.82, 2.24) is 30.8 Å². The van der Waals surface area contributed by atoms with E-state index in [4.69, 9.17) is 16.3 Å². The van der Waals surface area contributed by atoms with Gasteiger partial charge in [-0.05, 0) is 47.6 Å². The SMILES string of the molecule is CC[C@@H](Nc1c(C#N)cnc2c(Cl)cc(N[C@H](C3=CN(C4[C@H]5CN(C6COC6)C[C@@H]45)NN3)c3cccnc3)cc12)c1ccccc1. The standard InChI is InChI=1S/C35H36ClN9O/c1-2-30(21-7-4-3-5-8-21)41-32-23(13-37)15-39-34-26(32)11-24(12-29(34)36)40-33(22-9-6-10-38-14-22)31-18-45(43-42-31)35-27-16-44(17-28(27)35)25-19-46-20-25/h3-12,14-15,18,25,27-28,30,33,35,40,42-43H,2,16-17,19-20H2,1H3,(H,39,41)/t27-,28+,30-,33+,35?/m1/s1. The summed E-state index contributed by atoms with van der Waals surface area (Å²) in [5, 5.41) is 21.0. The molecule has 1 saturated carbocycles. The highest BCUT2D eigenvalue weighted by molar-refractivity contribution is 6.35. The van der Waals surface area contributed by atoms with Crippen molar-refractivity contribution < 1.29 is 4.74 Å². The smallest absolute Gasteiger partial charge is 0.103 e. The molecule has 0 radical (unpaired) electrons. The van der Waals surface area contributed by atoms with Crippen LogP contribution in [0.5, 0.6) is 0 Å². The molecule has 1 unspecified atom stereocenters. The predicted molar refractivity (Wildman–Crippen MR) is 178 cm³/mol. The van der Waals surface area contributed by atoms with E-state index < -0.39 is 0 Å². The zero-order chi connectivity index (χ0) is 31.2. The van der Waals surface area contributed by atoms with E-state index in [1.165, 1.54) is 0 Å². The fraction of sp³-hybridized carbons (Fsp3) is 0.343. The Morgan fingerprint density at radius 1 is 1.07 bits per heavy atom. The van der Waals surface area contributed by atoms with Gasteiger partial charge in [0.15, 0.2) is 0 Å². The lowest BCUT2D eigenvalue weighted by Crippen LogP contribution is -2.50. The van der Waals surface area contributed by atoms with Gasteiger partial charge in [-0.3, -0.25) is 19.9 Å². The summed E-state index contributed by atoms with van der Waals surface area (Å²) in [6, 6.07) is 21.4. The van der Waals surface area contributed by atoms with Gasteiger partial charge in [-0.2, -0.15) is 5.26 Å². The maximum absolute atomic E-state index is 10.1. The van der Waals surface area contributed by atoms with Crippen LogP contribution < -0.4 is 21.6 Å². The van der Waals surface area contributed by atoms with Crippen LogP contribution in [0.25, 0.3) is 10.9 Å². The second-order valence-corrected chi connectivity index (χ2v) is 13.0. The first-order valence-corrected chi connectivity index (χ1v) is 16.3. The third-order valence-corrected chi connectivity index (χ3v) is 10.1. The third-order valence-electron chi connectivity index (χ3n) is 9.86. The lowest BCUT2D eigenvalue weighted by Gasteiger charge is -2.36. The van der Waals surface area contributed by atoms with Crippen molar-refractivity contribution in [3.63, 3.8) is 0 Å². The van der Waals surface area contributed by atoms with Gasteiger partial charge in [-0.1, -0.05) is 54.9 Å². The van der Waals surface area contributed by atoms with Crippen molar-refractivity contribution >= 4 is 33.9 Å². The lowest BCUT2D eigenvalue weighted by atomic mass is 10.0. The molecule has 4 N–H and O–H groups in total. The highest BCUT2D eigenvalue weighted by Gasteiger charge is 2.60. The molecule has 11 heteroatoms. The van der Waals surface area contributed by atoms with Gasteiger partial charge in [-0.25, -0.2) is 0 Å². The Morgan fingerprint density at radius 3 is 2.57 bits per heavy atom. The lowest BCUT2D eigenvalue weighted by molar-refractivity contribution is -0.0625. The van der Waals surface area contributed by atoms with E-state index in [0.29, 0.717) is 40.0 Å². The second kappa shape index (κ2) is 12.1. The summed E-state index contributed by atoms with van der Waals surface area (Å²) < 4.78 is 5.42. The number of benzene rings is 2. The number of piperidine rings is 1. The van der Waals surface area contributed by atoms with Gasteiger partial charge in [0.25, 0.3) is 0 Å². The van der Waals surface area contributed by atoms with E-state index >= 15 is 0 Å². The third kappa shape index (κ3) is 5.29. The number of fused-ring (bicyclic) bond motifs is 2. The monoisotopic (exact) mass is 633 g/mol. The summed E-state index contributed by atoms with van der Waals surface area (Å²) in [4.78, 5) is 11.6. The topological polar surface area (TPSA) is 113 Å². The number of nitriles is 1. The molecule has 0 spiro atoms. The maximum atomic E-state index is 10.1. The van der Waals surface area contributed by atoms with E-state index in [1.54, 1.807) is 12.4 Å². The summed E-state index contributed by atoms with van der Waals surface area (Å²) in [5.41, 5.74) is 12.6. The average molecular weight is 634 g/mol. The van der Waals surface area contributed by atoms with Gasteiger partial charge in [0.1, 0.15) is 6.07 Å². The summed E-state index contributed by atoms with van der Waals surface area (Å²) in [7, 11) is 0. The van der Waals surface area contributed by atoms with Crippen LogP contribution in [-0.2, 0) is 4.74 Å². The molecule has 3 fully saturated rings. The van der Waals surface area contributed by atoms with Crippen LogP contribution in [-0.4, -0.2) is 58.3 Å². The number of rotatable bonds is 10. The van der Waals surface area contributed by atoms with Gasteiger partial charge in [0.05, 0.1) is 64.9 Å². The number of ether oxygens (including phenoxy) is 1. The van der Waals surface area contributed by atoms with Crippen LogP contribution in [0.1, 0.15) is 42.1 Å². The Bertz CT molecular complexity index is 1800. The Morgan fingerprint density at radius 2 is 1.87 bits per heavy atom. The average Bonchev–Trinajstić information content (AvgIpc) is 3.36. The molecule has 2 aromatic heterocycles. The molecule has 0 bridgehead atoms. The summed E-state index contributed by atoms with van der Waals surface area (Å²) in [6.45, 7) is 6.12. The molecule has 234 valence electrons. The molecule has 5 heterocycles. The second-order valence-electron chi connectivity index (χ2n) is 12.6. The van der Waals surface area contributed by atoms with E-state index in [-0.39, 0.29) is 12.1 Å². The van der Waals surface area contributed by atoms with Crippen LogP contribution in [0.15, 0.2) is 85.1 Å². The normalized spacial score (nSPS) is 23.5. The zero-order valence-corrected chi connectivity index (χ0v) is 26.3. The first-order valence-electron chi connectivity index (χ1n) is 15.9. The number of pyridine rings is 2. The van der Waals surface area contributed by atoms with E-state index in [1.807, 2.05) is 42.6 Å². The molecule has 1 aliphatic carbocycles. The van der Waals surface area contributed by atoms with Crippen molar-refractivity contribution in [2.75, 3.05) is 36.9 Å². The first-order chi connectivity index (χ1) is 22.6. The first kappa shape index (κ1) is 29.0. The van der Waals surface area contributed by atoms with Crippen LogP contribution in [0, 0.1) is 23.2 Å². The van der Waals surface area contributed by atoms with Crippen molar-refractivity contribution in [2.45, 2.75) is 37.5 Å². The number of nitrogens with zero attached hydrogens (tertiary/aromatic N) is 5. The minimum atomic E-state index is -0.238. The number of halogens is 1. The molecule has 3 aliphatic heterocycles. The quantitative estimate of drug-likeness (QED) is 0.182. The fourth-order valence-electron chi connectivity index (χ4n) is 7.24. The molecule has 46 heavy (non-hydrogen) atoms. The summed E-state index contributed by atoms with van der Waals surface area (Å²) in [6.07, 6.45) is 8.28. The number of aromatic nitrogens is 2. The number of hydrogen-bond acceptors (Lipinski definition) is 10. The Labute approximate surface area is 273 Å². The van der Waals surface area contributed by atoms with Gasteiger partial charge < -0.3 is 20.8 Å². The molecule has 0 amide bonds. The van der Waals surface area contributed by atoms with Crippen molar-refractivity contribution in [2.24, 2.45) is 11.8 Å². The Hall–Kier alpha value is -4.40. The van der Waals surface area contributed by atoms with Crippen molar-refractivity contribution in [1.29, 1.82) is 5.26 Å². The molecular formula is C35H36ClN9O. The molecule has 5 atom stereocenters. The predicted octanol–water partition coefficient (Wildman–Crippen LogP) is 5.37. The Balaban J connectivity index is 1.09. The highest BCUT2D eigenvalue weighted by Crippen LogP contribution is 2.50. The Kier molecular flexibility index (Phi) is 7.62.